The van der Waals surface area contributed by atoms with E-state index in [4.69, 9.17) is 5.73 Å². The van der Waals surface area contributed by atoms with Gasteiger partial charge in [0, 0.05) is 19.1 Å². The van der Waals surface area contributed by atoms with Crippen LogP contribution >= 0.6 is 0 Å². The van der Waals surface area contributed by atoms with Crippen LogP contribution in [0.2, 0.25) is 0 Å². The standard InChI is InChI=1S/C10H11F3N2O2S/c11-7-1-2-8(10(13)9(7)12)18(16,17)15-4-3-6(14)5-15/h1-2,6H,3-5,14H2/t6-/m0/s1. The third-order valence-corrected chi connectivity index (χ3v) is 4.69. The van der Waals surface area contributed by atoms with Gasteiger partial charge in [0.2, 0.25) is 10.0 Å². The molecule has 0 aliphatic carbocycles. The summed E-state index contributed by atoms with van der Waals surface area (Å²) < 4.78 is 64.2. The predicted molar refractivity (Wildman–Crippen MR) is 57.7 cm³/mol. The Kier molecular flexibility index (Phi) is 3.35. The Morgan fingerprint density at radius 3 is 2.44 bits per heavy atom. The van der Waals surface area contributed by atoms with Gasteiger partial charge >= 0.3 is 0 Å². The van der Waals surface area contributed by atoms with Crippen LogP contribution in [0.5, 0.6) is 0 Å². The van der Waals surface area contributed by atoms with Crippen molar-refractivity contribution >= 4 is 10.0 Å². The van der Waals surface area contributed by atoms with Crippen LogP contribution < -0.4 is 5.73 Å². The number of hydrogen-bond donors (Lipinski definition) is 1. The summed E-state index contributed by atoms with van der Waals surface area (Å²) in [7, 11) is -4.17. The summed E-state index contributed by atoms with van der Waals surface area (Å²) >= 11 is 0. The van der Waals surface area contributed by atoms with E-state index in [2.05, 4.69) is 0 Å². The van der Waals surface area contributed by atoms with Crippen molar-refractivity contribution in [2.45, 2.75) is 17.4 Å². The molecule has 1 aliphatic rings. The molecule has 4 nitrogen and oxygen atoms in total. The van der Waals surface area contributed by atoms with Gasteiger partial charge in [-0.1, -0.05) is 0 Å². The molecular formula is C10H11F3N2O2S. The molecule has 1 atom stereocenters. The Labute approximate surface area is 102 Å². The number of rotatable bonds is 2. The lowest BCUT2D eigenvalue weighted by Crippen LogP contribution is -2.32. The Hall–Kier alpha value is -1.12. The van der Waals surface area contributed by atoms with E-state index in [0.717, 1.165) is 4.31 Å². The summed E-state index contributed by atoms with van der Waals surface area (Å²) in [5.74, 6) is -4.92. The molecule has 2 rings (SSSR count). The molecule has 1 heterocycles. The third kappa shape index (κ3) is 2.11. The maximum atomic E-state index is 13.5. The van der Waals surface area contributed by atoms with Crippen LogP contribution in [-0.2, 0) is 10.0 Å². The highest BCUT2D eigenvalue weighted by Gasteiger charge is 2.34. The fourth-order valence-electron chi connectivity index (χ4n) is 1.82. The van der Waals surface area contributed by atoms with E-state index in [1.165, 1.54) is 0 Å². The molecule has 1 saturated heterocycles. The summed E-state index contributed by atoms with van der Waals surface area (Å²) in [5.41, 5.74) is 5.56. The highest BCUT2D eigenvalue weighted by molar-refractivity contribution is 7.89. The molecule has 1 aromatic carbocycles. The first-order chi connectivity index (χ1) is 8.34. The lowest BCUT2D eigenvalue weighted by molar-refractivity contribution is 0.422. The van der Waals surface area contributed by atoms with Gasteiger partial charge in [-0.15, -0.1) is 0 Å². The number of sulfonamides is 1. The molecule has 8 heteroatoms. The first kappa shape index (κ1) is 13.3. The second-order valence-electron chi connectivity index (χ2n) is 4.09. The van der Waals surface area contributed by atoms with Gasteiger partial charge in [0.25, 0.3) is 0 Å². The molecule has 0 saturated carbocycles. The van der Waals surface area contributed by atoms with Gasteiger partial charge in [0.1, 0.15) is 4.90 Å². The van der Waals surface area contributed by atoms with Gasteiger partial charge in [-0.3, -0.25) is 0 Å². The molecule has 0 radical (unpaired) electrons. The Bertz CT molecular complexity index is 577. The monoisotopic (exact) mass is 280 g/mol. The van der Waals surface area contributed by atoms with Crippen molar-refractivity contribution in [3.05, 3.63) is 29.6 Å². The zero-order valence-corrected chi connectivity index (χ0v) is 10.1. The second-order valence-corrected chi connectivity index (χ2v) is 5.99. The van der Waals surface area contributed by atoms with Crippen molar-refractivity contribution in [1.82, 2.24) is 4.31 Å². The largest absolute Gasteiger partial charge is 0.326 e. The van der Waals surface area contributed by atoms with E-state index in [9.17, 15) is 21.6 Å². The van der Waals surface area contributed by atoms with Gasteiger partial charge in [-0.2, -0.15) is 4.31 Å². The van der Waals surface area contributed by atoms with E-state index >= 15 is 0 Å². The van der Waals surface area contributed by atoms with E-state index < -0.39 is 32.4 Å². The van der Waals surface area contributed by atoms with Gasteiger partial charge in [0.15, 0.2) is 17.5 Å². The predicted octanol–water partition coefficient (Wildman–Crippen LogP) is 0.826. The van der Waals surface area contributed by atoms with Gasteiger partial charge in [-0.05, 0) is 18.6 Å². The third-order valence-electron chi connectivity index (χ3n) is 2.81. The van der Waals surface area contributed by atoms with E-state index in [1.54, 1.807) is 0 Å². The van der Waals surface area contributed by atoms with Crippen LogP contribution in [0.3, 0.4) is 0 Å². The lowest BCUT2D eigenvalue weighted by Gasteiger charge is -2.16. The van der Waals surface area contributed by atoms with Crippen molar-refractivity contribution in [1.29, 1.82) is 0 Å². The number of hydrogen-bond acceptors (Lipinski definition) is 3. The number of halogens is 3. The van der Waals surface area contributed by atoms with Crippen LogP contribution in [0, 0.1) is 17.5 Å². The summed E-state index contributed by atoms with van der Waals surface area (Å²) in [6.07, 6.45) is 0.449. The first-order valence-corrected chi connectivity index (χ1v) is 6.67. The summed E-state index contributed by atoms with van der Waals surface area (Å²) in [4.78, 5) is -0.865. The molecule has 1 aliphatic heterocycles. The van der Waals surface area contributed by atoms with Crippen molar-refractivity contribution in [3.8, 4) is 0 Å². The molecule has 18 heavy (non-hydrogen) atoms. The van der Waals surface area contributed by atoms with E-state index in [1.807, 2.05) is 0 Å². The van der Waals surface area contributed by atoms with Crippen molar-refractivity contribution in [3.63, 3.8) is 0 Å². The van der Waals surface area contributed by atoms with Gasteiger partial charge in [-0.25, -0.2) is 21.6 Å². The molecule has 0 unspecified atom stereocenters. The Balaban J connectivity index is 2.45. The fraction of sp³-hybridized carbons (Fsp3) is 0.400. The normalized spacial score (nSPS) is 21.4. The Morgan fingerprint density at radius 1 is 1.22 bits per heavy atom. The minimum Gasteiger partial charge on any atom is -0.326 e. The smallest absolute Gasteiger partial charge is 0.246 e. The fourth-order valence-corrected chi connectivity index (χ4v) is 3.39. The minimum atomic E-state index is -4.17. The van der Waals surface area contributed by atoms with Crippen molar-refractivity contribution in [2.75, 3.05) is 13.1 Å². The second kappa shape index (κ2) is 4.52. The average molecular weight is 280 g/mol. The van der Waals surface area contributed by atoms with E-state index in [0.29, 0.717) is 18.6 Å². The van der Waals surface area contributed by atoms with Crippen molar-refractivity contribution in [2.24, 2.45) is 5.73 Å². The summed E-state index contributed by atoms with van der Waals surface area (Å²) in [5, 5.41) is 0. The number of benzene rings is 1. The zero-order valence-electron chi connectivity index (χ0n) is 9.24. The Morgan fingerprint density at radius 2 is 1.89 bits per heavy atom. The lowest BCUT2D eigenvalue weighted by atomic mass is 10.3. The molecule has 2 N–H and O–H groups in total. The van der Waals surface area contributed by atoms with Crippen LogP contribution in [0.25, 0.3) is 0 Å². The van der Waals surface area contributed by atoms with Crippen molar-refractivity contribution < 1.29 is 21.6 Å². The number of nitrogens with zero attached hydrogens (tertiary/aromatic N) is 1. The molecule has 1 fully saturated rings. The topological polar surface area (TPSA) is 63.4 Å². The van der Waals surface area contributed by atoms with Gasteiger partial charge in [0.05, 0.1) is 0 Å². The van der Waals surface area contributed by atoms with Crippen LogP contribution in [0.4, 0.5) is 13.2 Å². The molecule has 0 amide bonds. The zero-order chi connectivity index (χ0) is 13.5. The SMILES string of the molecule is N[C@H]1CCN(S(=O)(=O)c2ccc(F)c(F)c2F)C1. The molecule has 0 aromatic heterocycles. The molecule has 0 bridgehead atoms. The molecule has 100 valence electrons. The van der Waals surface area contributed by atoms with Crippen LogP contribution in [-0.4, -0.2) is 31.9 Å². The first-order valence-electron chi connectivity index (χ1n) is 5.23. The summed E-state index contributed by atoms with van der Waals surface area (Å²) in [6.45, 7) is 0.183. The maximum absolute atomic E-state index is 13.5. The van der Waals surface area contributed by atoms with Gasteiger partial charge < -0.3 is 5.73 Å². The van der Waals surface area contributed by atoms with Crippen LogP contribution in [0.15, 0.2) is 17.0 Å². The highest BCUT2D eigenvalue weighted by Crippen LogP contribution is 2.25. The molecular weight excluding hydrogens is 269 g/mol. The number of nitrogens with two attached hydrogens (primary N) is 1. The van der Waals surface area contributed by atoms with E-state index in [-0.39, 0.29) is 19.1 Å². The van der Waals surface area contributed by atoms with Crippen LogP contribution in [0.1, 0.15) is 6.42 Å². The molecule has 1 aromatic rings. The quantitative estimate of drug-likeness (QED) is 0.816. The maximum Gasteiger partial charge on any atom is 0.246 e. The molecule has 0 spiro atoms. The minimum absolute atomic E-state index is 0.0424. The highest BCUT2D eigenvalue weighted by atomic mass is 32.2. The summed E-state index contributed by atoms with van der Waals surface area (Å²) in [6, 6.07) is 0.974. The average Bonchev–Trinajstić information content (AvgIpc) is 2.73.